The fourth-order valence-corrected chi connectivity index (χ4v) is 4.39. The van der Waals surface area contributed by atoms with Gasteiger partial charge in [0.15, 0.2) is 0 Å². The van der Waals surface area contributed by atoms with Crippen molar-refractivity contribution in [3.05, 3.63) is 50.5 Å². The number of nitrogens with one attached hydrogen (secondary N) is 2. The first-order chi connectivity index (χ1) is 12.1. The molecule has 0 unspecified atom stereocenters. The Labute approximate surface area is 148 Å². The van der Waals surface area contributed by atoms with Gasteiger partial charge >= 0.3 is 0 Å². The molecule has 0 saturated heterocycles. The number of H-pyrrole nitrogens is 2. The van der Waals surface area contributed by atoms with Crippen molar-refractivity contribution in [1.82, 2.24) is 19.9 Å². The van der Waals surface area contributed by atoms with Crippen LogP contribution in [0.1, 0.15) is 72.1 Å². The number of aryl methyl sites for hydroxylation is 2. The Balaban J connectivity index is 1.53. The van der Waals surface area contributed by atoms with E-state index in [1.54, 1.807) is 0 Å². The van der Waals surface area contributed by atoms with Gasteiger partial charge in [-0.2, -0.15) is 0 Å². The maximum absolute atomic E-state index is 12.7. The van der Waals surface area contributed by atoms with Crippen LogP contribution in [-0.2, 0) is 19.5 Å². The quantitative estimate of drug-likeness (QED) is 0.901. The molecule has 2 aromatic rings. The van der Waals surface area contributed by atoms with E-state index in [0.29, 0.717) is 12.5 Å². The van der Waals surface area contributed by atoms with E-state index in [1.807, 2.05) is 0 Å². The minimum Gasteiger partial charge on any atom is -0.362 e. The molecule has 1 saturated carbocycles. The second kappa shape index (κ2) is 6.79. The van der Waals surface area contributed by atoms with Gasteiger partial charge < -0.3 is 9.97 Å². The minimum absolute atomic E-state index is 0.0808. The summed E-state index contributed by atoms with van der Waals surface area (Å²) in [6, 6.07) is 2.21. The highest BCUT2D eigenvalue weighted by molar-refractivity contribution is 5.26. The molecule has 1 fully saturated rings. The first-order valence-corrected chi connectivity index (χ1v) is 9.59. The summed E-state index contributed by atoms with van der Waals surface area (Å²) >= 11 is 0. The van der Waals surface area contributed by atoms with Gasteiger partial charge in [0.25, 0.3) is 5.56 Å². The van der Waals surface area contributed by atoms with Gasteiger partial charge in [-0.05, 0) is 38.3 Å². The predicted octanol–water partition coefficient (Wildman–Crippen LogP) is 3.32. The van der Waals surface area contributed by atoms with Crippen molar-refractivity contribution in [3.8, 4) is 0 Å². The van der Waals surface area contributed by atoms with Crippen molar-refractivity contribution in [1.29, 1.82) is 0 Å². The Morgan fingerprint density at radius 3 is 2.72 bits per heavy atom. The molecule has 0 atom stereocenters. The van der Waals surface area contributed by atoms with E-state index in [-0.39, 0.29) is 5.56 Å². The van der Waals surface area contributed by atoms with Crippen LogP contribution >= 0.6 is 0 Å². The van der Waals surface area contributed by atoms with Gasteiger partial charge in [-0.3, -0.25) is 9.69 Å². The second-order valence-corrected chi connectivity index (χ2v) is 7.77. The molecule has 0 radical (unpaired) electrons. The summed E-state index contributed by atoms with van der Waals surface area (Å²) in [7, 11) is 0. The lowest BCUT2D eigenvalue weighted by atomic mass is 9.88. The first-order valence-electron chi connectivity index (χ1n) is 9.59. The number of nitrogens with zero attached hydrogens (tertiary/aromatic N) is 2. The third kappa shape index (κ3) is 3.43. The van der Waals surface area contributed by atoms with E-state index in [9.17, 15) is 4.79 Å². The average Bonchev–Trinajstić information content (AvgIpc) is 2.93. The van der Waals surface area contributed by atoms with Crippen molar-refractivity contribution in [3.63, 3.8) is 0 Å². The highest BCUT2D eigenvalue weighted by Gasteiger charge is 2.24. The fraction of sp³-hybridized carbons (Fsp3) is 0.600. The molecule has 5 heteroatoms. The number of hydrogen-bond donors (Lipinski definition) is 2. The Morgan fingerprint density at radius 2 is 2.00 bits per heavy atom. The third-order valence-electron chi connectivity index (χ3n) is 5.81. The molecule has 0 aromatic carbocycles. The highest BCUT2D eigenvalue weighted by atomic mass is 16.1. The van der Waals surface area contributed by atoms with Crippen LogP contribution in [0.2, 0.25) is 0 Å². The van der Waals surface area contributed by atoms with Crippen molar-refractivity contribution >= 4 is 0 Å². The molecular formula is C20H28N4O. The summed E-state index contributed by atoms with van der Waals surface area (Å²) in [6.45, 7) is 6.76. The van der Waals surface area contributed by atoms with Crippen LogP contribution in [-0.4, -0.2) is 26.4 Å². The zero-order chi connectivity index (χ0) is 17.4. The number of aromatic nitrogens is 3. The van der Waals surface area contributed by atoms with Crippen LogP contribution in [0.4, 0.5) is 0 Å². The molecule has 0 spiro atoms. The average molecular weight is 340 g/mol. The van der Waals surface area contributed by atoms with E-state index in [4.69, 9.17) is 4.98 Å². The van der Waals surface area contributed by atoms with Gasteiger partial charge in [-0.1, -0.05) is 19.3 Å². The van der Waals surface area contributed by atoms with Gasteiger partial charge in [-0.15, -0.1) is 0 Å². The molecule has 2 aliphatic rings. The minimum atomic E-state index is 0.0808. The second-order valence-electron chi connectivity index (χ2n) is 7.77. The van der Waals surface area contributed by atoms with Gasteiger partial charge in [0.1, 0.15) is 5.82 Å². The lowest BCUT2D eigenvalue weighted by Crippen LogP contribution is -2.36. The summed E-state index contributed by atoms with van der Waals surface area (Å²) in [6.07, 6.45) is 7.05. The maximum Gasteiger partial charge on any atom is 0.255 e. The summed E-state index contributed by atoms with van der Waals surface area (Å²) < 4.78 is 0. The Bertz CT molecular complexity index is 814. The molecule has 2 aromatic heterocycles. The molecule has 25 heavy (non-hydrogen) atoms. The Kier molecular flexibility index (Phi) is 4.50. The van der Waals surface area contributed by atoms with Crippen LogP contribution in [0.5, 0.6) is 0 Å². The molecule has 1 aliphatic heterocycles. The standard InChI is InChI=1S/C20H28N4O/c1-13-10-16(14(2)21-13)11-24-9-8-18-17(12-24)20(25)23-19(22-18)15-6-4-3-5-7-15/h10,15,21H,3-9,11-12H2,1-2H3,(H,22,23,25). The molecule has 1 aliphatic carbocycles. The van der Waals surface area contributed by atoms with Crippen molar-refractivity contribution in [2.45, 2.75) is 71.4 Å². The number of aromatic amines is 2. The van der Waals surface area contributed by atoms with E-state index in [0.717, 1.165) is 36.6 Å². The molecule has 2 N–H and O–H groups in total. The van der Waals surface area contributed by atoms with Crippen LogP contribution in [0, 0.1) is 13.8 Å². The monoisotopic (exact) mass is 340 g/mol. The smallest absolute Gasteiger partial charge is 0.255 e. The normalized spacial score (nSPS) is 19.1. The topological polar surface area (TPSA) is 64.8 Å². The van der Waals surface area contributed by atoms with Crippen LogP contribution < -0.4 is 5.56 Å². The SMILES string of the molecule is Cc1cc(CN2CCc3nc(C4CCCCC4)[nH]c(=O)c3C2)c(C)[nH]1. The number of hydrogen-bond acceptors (Lipinski definition) is 3. The summed E-state index contributed by atoms with van der Waals surface area (Å²) in [5.74, 6) is 1.39. The Hall–Kier alpha value is -1.88. The lowest BCUT2D eigenvalue weighted by Gasteiger charge is -2.28. The highest BCUT2D eigenvalue weighted by Crippen LogP contribution is 2.30. The molecule has 134 valence electrons. The van der Waals surface area contributed by atoms with Gasteiger partial charge in [-0.25, -0.2) is 4.98 Å². The molecule has 0 amide bonds. The van der Waals surface area contributed by atoms with Crippen LogP contribution in [0.15, 0.2) is 10.9 Å². The molecule has 3 heterocycles. The zero-order valence-electron chi connectivity index (χ0n) is 15.3. The molecule has 4 rings (SSSR count). The zero-order valence-corrected chi connectivity index (χ0v) is 15.3. The molecule has 0 bridgehead atoms. The van der Waals surface area contributed by atoms with E-state index < -0.39 is 0 Å². The lowest BCUT2D eigenvalue weighted by molar-refractivity contribution is 0.240. The largest absolute Gasteiger partial charge is 0.362 e. The summed E-state index contributed by atoms with van der Waals surface area (Å²) in [5.41, 5.74) is 5.73. The molecule has 5 nitrogen and oxygen atoms in total. The summed E-state index contributed by atoms with van der Waals surface area (Å²) in [4.78, 5) is 26.4. The predicted molar refractivity (Wildman–Crippen MR) is 98.8 cm³/mol. The fourth-order valence-electron chi connectivity index (χ4n) is 4.39. The number of rotatable bonds is 3. The van der Waals surface area contributed by atoms with E-state index in [1.165, 1.54) is 49.1 Å². The Morgan fingerprint density at radius 1 is 1.20 bits per heavy atom. The van der Waals surface area contributed by atoms with Crippen molar-refractivity contribution in [2.24, 2.45) is 0 Å². The van der Waals surface area contributed by atoms with Crippen molar-refractivity contribution in [2.75, 3.05) is 6.54 Å². The van der Waals surface area contributed by atoms with Crippen LogP contribution in [0.3, 0.4) is 0 Å². The van der Waals surface area contributed by atoms with Gasteiger partial charge in [0, 0.05) is 43.4 Å². The van der Waals surface area contributed by atoms with Crippen LogP contribution in [0.25, 0.3) is 0 Å². The van der Waals surface area contributed by atoms with E-state index >= 15 is 0 Å². The third-order valence-corrected chi connectivity index (χ3v) is 5.81. The summed E-state index contributed by atoms with van der Waals surface area (Å²) in [5, 5.41) is 0. The van der Waals surface area contributed by atoms with Gasteiger partial charge in [0.05, 0.1) is 11.3 Å². The molecular weight excluding hydrogens is 312 g/mol. The van der Waals surface area contributed by atoms with Crippen molar-refractivity contribution < 1.29 is 0 Å². The number of fused-ring (bicyclic) bond motifs is 1. The first kappa shape index (κ1) is 16.6. The maximum atomic E-state index is 12.7. The van der Waals surface area contributed by atoms with E-state index in [2.05, 4.69) is 34.8 Å². The van der Waals surface area contributed by atoms with Gasteiger partial charge in [0.2, 0.25) is 0 Å².